The molecule has 0 spiro atoms. The minimum Gasteiger partial charge on any atom is -0.421 e. The number of likely N-dealkylation sites (tertiary alicyclic amines) is 1. The van der Waals surface area contributed by atoms with Gasteiger partial charge in [-0.15, -0.1) is 10.2 Å². The van der Waals surface area contributed by atoms with E-state index in [1.807, 2.05) is 60.7 Å². The number of nitrogens with zero attached hydrogens (tertiary/aromatic N) is 3. The van der Waals surface area contributed by atoms with Crippen LogP contribution < -0.4 is 5.32 Å². The molecular formula is C30H30Cl2N4O2. The first-order valence-electron chi connectivity index (χ1n) is 12.8. The summed E-state index contributed by atoms with van der Waals surface area (Å²) in [5, 5.41) is 12.4. The molecule has 38 heavy (non-hydrogen) atoms. The van der Waals surface area contributed by atoms with Gasteiger partial charge in [-0.3, -0.25) is 9.69 Å². The van der Waals surface area contributed by atoms with Crippen LogP contribution in [-0.4, -0.2) is 40.6 Å². The lowest BCUT2D eigenvalue weighted by Gasteiger charge is -2.32. The second-order valence-electron chi connectivity index (χ2n) is 9.91. The van der Waals surface area contributed by atoms with Gasteiger partial charge in [0, 0.05) is 31.1 Å². The normalized spacial score (nSPS) is 14.5. The van der Waals surface area contributed by atoms with Crippen LogP contribution in [0.1, 0.15) is 40.2 Å². The first-order valence-corrected chi connectivity index (χ1v) is 13.6. The van der Waals surface area contributed by atoms with Crippen LogP contribution in [0, 0.1) is 19.8 Å². The minimum absolute atomic E-state index is 0.0402. The molecule has 0 unspecified atom stereocenters. The number of piperidine rings is 1. The van der Waals surface area contributed by atoms with Crippen molar-refractivity contribution in [3.8, 4) is 22.6 Å². The molecule has 1 N–H and O–H groups in total. The molecular weight excluding hydrogens is 519 g/mol. The van der Waals surface area contributed by atoms with Crippen molar-refractivity contribution in [3.63, 3.8) is 0 Å². The van der Waals surface area contributed by atoms with Crippen molar-refractivity contribution < 1.29 is 9.21 Å². The Bertz CT molecular complexity index is 1430. The highest BCUT2D eigenvalue weighted by molar-refractivity contribution is 6.42. The summed E-state index contributed by atoms with van der Waals surface area (Å²) >= 11 is 12.2. The molecule has 1 saturated heterocycles. The van der Waals surface area contributed by atoms with Gasteiger partial charge in [0.05, 0.1) is 10.0 Å². The molecule has 5 rings (SSSR count). The lowest BCUT2D eigenvalue weighted by molar-refractivity contribution is 0.0935. The summed E-state index contributed by atoms with van der Waals surface area (Å²) in [6, 6.07) is 19.6. The fourth-order valence-electron chi connectivity index (χ4n) is 4.86. The smallest absolute Gasteiger partial charge is 0.251 e. The van der Waals surface area contributed by atoms with Crippen LogP contribution in [0.3, 0.4) is 0 Å². The van der Waals surface area contributed by atoms with E-state index in [-0.39, 0.29) is 5.91 Å². The van der Waals surface area contributed by atoms with Gasteiger partial charge in [0.15, 0.2) is 0 Å². The van der Waals surface area contributed by atoms with E-state index < -0.39 is 0 Å². The molecule has 1 fully saturated rings. The Morgan fingerprint density at radius 3 is 2.37 bits per heavy atom. The summed E-state index contributed by atoms with van der Waals surface area (Å²) < 4.78 is 5.58. The van der Waals surface area contributed by atoms with Crippen LogP contribution in [0.4, 0.5) is 0 Å². The van der Waals surface area contributed by atoms with Crippen molar-refractivity contribution in [2.75, 3.05) is 19.6 Å². The number of amides is 1. The van der Waals surface area contributed by atoms with Gasteiger partial charge in [0.25, 0.3) is 5.91 Å². The van der Waals surface area contributed by atoms with Gasteiger partial charge in [-0.25, -0.2) is 0 Å². The van der Waals surface area contributed by atoms with E-state index in [0.717, 1.165) is 54.7 Å². The molecule has 196 valence electrons. The lowest BCUT2D eigenvalue weighted by atomic mass is 9.96. The monoisotopic (exact) mass is 548 g/mol. The molecule has 0 bridgehead atoms. The Morgan fingerprint density at radius 1 is 0.947 bits per heavy atom. The topological polar surface area (TPSA) is 71.3 Å². The van der Waals surface area contributed by atoms with Gasteiger partial charge in [0.1, 0.15) is 0 Å². The van der Waals surface area contributed by atoms with Crippen molar-refractivity contribution in [2.24, 2.45) is 5.92 Å². The maximum Gasteiger partial charge on any atom is 0.251 e. The van der Waals surface area contributed by atoms with Gasteiger partial charge in [-0.2, -0.15) is 0 Å². The fourth-order valence-corrected chi connectivity index (χ4v) is 5.19. The van der Waals surface area contributed by atoms with Gasteiger partial charge >= 0.3 is 0 Å². The number of hydrogen-bond donors (Lipinski definition) is 1. The van der Waals surface area contributed by atoms with Crippen LogP contribution in [0.25, 0.3) is 22.6 Å². The van der Waals surface area contributed by atoms with Gasteiger partial charge in [0.2, 0.25) is 11.8 Å². The van der Waals surface area contributed by atoms with Gasteiger partial charge in [-0.05, 0) is 97.4 Å². The van der Waals surface area contributed by atoms with Crippen molar-refractivity contribution in [3.05, 3.63) is 93.3 Å². The third-order valence-corrected chi connectivity index (χ3v) is 7.86. The average Bonchev–Trinajstić information content (AvgIpc) is 3.37. The van der Waals surface area contributed by atoms with Crippen molar-refractivity contribution in [1.82, 2.24) is 20.4 Å². The number of benzene rings is 3. The van der Waals surface area contributed by atoms with E-state index in [1.54, 1.807) is 6.92 Å². The van der Waals surface area contributed by atoms with Crippen LogP contribution in [0.15, 0.2) is 65.1 Å². The first kappa shape index (κ1) is 26.4. The van der Waals surface area contributed by atoms with Crippen LogP contribution in [0.5, 0.6) is 0 Å². The van der Waals surface area contributed by atoms with Crippen LogP contribution in [0.2, 0.25) is 10.0 Å². The third kappa shape index (κ3) is 6.26. The van der Waals surface area contributed by atoms with E-state index >= 15 is 0 Å². The molecule has 1 aromatic heterocycles. The predicted octanol–water partition coefficient (Wildman–Crippen LogP) is 6.97. The molecule has 1 amide bonds. The Kier molecular flexibility index (Phi) is 8.12. The standard InChI is InChI=1S/C30H30Cl2N4O2/c1-19-3-5-25(30-35-34-20(2)38-30)16-26(19)23-6-8-24(9-7-23)29(37)33-17-21-11-13-36(14-12-21)18-22-4-10-27(31)28(32)15-22/h3-10,15-16,21H,11-14,17-18H2,1-2H3,(H,33,37). The molecule has 0 aliphatic carbocycles. The number of aryl methyl sites for hydroxylation is 2. The van der Waals surface area contributed by atoms with Gasteiger partial charge < -0.3 is 9.73 Å². The number of halogens is 2. The van der Waals surface area contributed by atoms with Crippen LogP contribution in [-0.2, 0) is 6.54 Å². The zero-order valence-electron chi connectivity index (χ0n) is 21.5. The fraction of sp³-hybridized carbons (Fsp3) is 0.300. The Balaban J connectivity index is 1.14. The number of hydrogen-bond acceptors (Lipinski definition) is 5. The first-order chi connectivity index (χ1) is 18.4. The quantitative estimate of drug-likeness (QED) is 0.270. The second-order valence-corrected chi connectivity index (χ2v) is 10.7. The molecule has 8 heteroatoms. The molecule has 3 aromatic carbocycles. The third-order valence-electron chi connectivity index (χ3n) is 7.12. The maximum absolute atomic E-state index is 12.8. The number of rotatable bonds is 7. The molecule has 1 aliphatic rings. The predicted molar refractivity (Wildman–Crippen MR) is 151 cm³/mol. The highest BCUT2D eigenvalue weighted by Crippen LogP contribution is 2.29. The number of aromatic nitrogens is 2. The van der Waals surface area contributed by atoms with Crippen LogP contribution >= 0.6 is 23.2 Å². The zero-order valence-corrected chi connectivity index (χ0v) is 23.0. The van der Waals surface area contributed by atoms with Gasteiger partial charge in [-0.1, -0.05) is 47.5 Å². The SMILES string of the molecule is Cc1nnc(-c2ccc(C)c(-c3ccc(C(=O)NCC4CCN(Cc5ccc(Cl)c(Cl)c5)CC4)cc3)c2)o1. The van der Waals surface area contributed by atoms with E-state index in [0.29, 0.717) is 39.9 Å². The average molecular weight is 550 g/mol. The Morgan fingerprint density at radius 2 is 1.68 bits per heavy atom. The molecule has 6 nitrogen and oxygen atoms in total. The van der Waals surface area contributed by atoms with E-state index in [9.17, 15) is 4.79 Å². The Hall–Kier alpha value is -3.19. The lowest BCUT2D eigenvalue weighted by Crippen LogP contribution is -2.38. The zero-order chi connectivity index (χ0) is 26.6. The molecule has 0 saturated carbocycles. The molecule has 0 radical (unpaired) electrons. The van der Waals surface area contributed by atoms with E-state index in [2.05, 4.69) is 27.3 Å². The maximum atomic E-state index is 12.8. The van der Waals surface area contributed by atoms with E-state index in [1.165, 1.54) is 5.56 Å². The minimum atomic E-state index is -0.0402. The number of nitrogens with one attached hydrogen (secondary N) is 1. The van der Waals surface area contributed by atoms with Crippen molar-refractivity contribution >= 4 is 29.1 Å². The summed E-state index contributed by atoms with van der Waals surface area (Å²) in [5.74, 6) is 1.47. The Labute approximate surface area is 233 Å². The summed E-state index contributed by atoms with van der Waals surface area (Å²) in [7, 11) is 0. The molecule has 2 heterocycles. The highest BCUT2D eigenvalue weighted by atomic mass is 35.5. The summed E-state index contributed by atoms with van der Waals surface area (Å²) in [6.07, 6.45) is 2.10. The number of carbonyl (C=O) groups excluding carboxylic acids is 1. The second kappa shape index (κ2) is 11.7. The summed E-state index contributed by atoms with van der Waals surface area (Å²) in [5.41, 5.74) is 5.93. The molecule has 4 aromatic rings. The molecule has 1 aliphatic heterocycles. The number of carbonyl (C=O) groups is 1. The largest absolute Gasteiger partial charge is 0.421 e. The highest BCUT2D eigenvalue weighted by Gasteiger charge is 2.20. The van der Waals surface area contributed by atoms with E-state index in [4.69, 9.17) is 27.6 Å². The summed E-state index contributed by atoms with van der Waals surface area (Å²) in [4.78, 5) is 15.3. The summed E-state index contributed by atoms with van der Waals surface area (Å²) in [6.45, 7) is 7.38. The van der Waals surface area contributed by atoms with Crippen molar-refractivity contribution in [2.45, 2.75) is 33.2 Å². The molecule has 0 atom stereocenters. The van der Waals surface area contributed by atoms with Crippen molar-refractivity contribution in [1.29, 1.82) is 0 Å².